The molecular weight excluding hydrogens is 254 g/mol. The van der Waals surface area contributed by atoms with Gasteiger partial charge in [0.2, 0.25) is 0 Å². The Bertz CT molecular complexity index is 435. The van der Waals surface area contributed by atoms with Crippen LogP contribution < -0.4 is 11.1 Å². The summed E-state index contributed by atoms with van der Waals surface area (Å²) in [6.07, 6.45) is 1.13. The smallest absolute Gasteiger partial charge is 0.340 e. The summed E-state index contributed by atoms with van der Waals surface area (Å²) < 4.78 is 4.77. The third-order valence-corrected chi connectivity index (χ3v) is 3.22. The Morgan fingerprint density at radius 2 is 2.10 bits per heavy atom. The number of likely N-dealkylation sites (N-methyl/N-ethyl adjacent to an activating group) is 1. The third-order valence-electron chi connectivity index (χ3n) is 3.22. The van der Waals surface area contributed by atoms with Gasteiger partial charge >= 0.3 is 5.97 Å². The Balaban J connectivity index is 2.69. The number of nitrogen functional groups attached to an aromatic ring is 1. The van der Waals surface area contributed by atoms with Gasteiger partial charge in [-0.1, -0.05) is 19.9 Å². The van der Waals surface area contributed by atoms with Crippen LogP contribution in [0.1, 0.15) is 30.6 Å². The minimum atomic E-state index is -0.374. The summed E-state index contributed by atoms with van der Waals surface area (Å²) in [7, 11) is 1.37. The van der Waals surface area contributed by atoms with Crippen molar-refractivity contribution < 1.29 is 9.53 Å². The van der Waals surface area contributed by atoms with Gasteiger partial charge < -0.3 is 20.7 Å². The van der Waals surface area contributed by atoms with E-state index in [1.165, 1.54) is 7.11 Å². The molecule has 0 saturated carbocycles. The predicted molar refractivity (Wildman–Crippen MR) is 83.1 cm³/mol. The van der Waals surface area contributed by atoms with Gasteiger partial charge in [0.25, 0.3) is 0 Å². The maximum atomic E-state index is 11.7. The number of nitrogens with one attached hydrogen (secondary N) is 1. The van der Waals surface area contributed by atoms with E-state index < -0.39 is 0 Å². The first-order valence-corrected chi connectivity index (χ1v) is 7.07. The fourth-order valence-corrected chi connectivity index (χ4v) is 2.13. The summed E-state index contributed by atoms with van der Waals surface area (Å²) in [4.78, 5) is 14.1. The number of hydrogen-bond donors (Lipinski definition) is 2. The Hall–Kier alpha value is -1.75. The van der Waals surface area contributed by atoms with Gasteiger partial charge in [-0.3, -0.25) is 0 Å². The molecule has 0 spiro atoms. The fraction of sp³-hybridized carbons (Fsp3) is 0.533. The SMILES string of the molecule is CCCN(CC)CCNc1c(N)cccc1C(=O)OC. The molecule has 3 N–H and O–H groups in total. The Kier molecular flexibility index (Phi) is 6.87. The number of carbonyl (C=O) groups is 1. The van der Waals surface area contributed by atoms with Crippen LogP contribution >= 0.6 is 0 Å². The Morgan fingerprint density at radius 1 is 1.35 bits per heavy atom. The highest BCUT2D eigenvalue weighted by molar-refractivity contribution is 5.98. The fourth-order valence-electron chi connectivity index (χ4n) is 2.13. The molecule has 0 heterocycles. The van der Waals surface area contributed by atoms with E-state index in [9.17, 15) is 4.79 Å². The molecule has 0 aliphatic rings. The standard InChI is InChI=1S/C15H25N3O2/c1-4-10-18(5-2)11-9-17-14-12(15(19)20-3)7-6-8-13(14)16/h6-8,17H,4-5,9-11,16H2,1-3H3. The van der Waals surface area contributed by atoms with Gasteiger partial charge in [-0.2, -0.15) is 0 Å². The highest BCUT2D eigenvalue weighted by Crippen LogP contribution is 2.23. The van der Waals surface area contributed by atoms with Crippen LogP contribution in [-0.2, 0) is 4.74 Å². The summed E-state index contributed by atoms with van der Waals surface area (Å²) >= 11 is 0. The van der Waals surface area contributed by atoms with Crippen molar-refractivity contribution in [3.8, 4) is 0 Å². The summed E-state index contributed by atoms with van der Waals surface area (Å²) in [5.74, 6) is -0.374. The van der Waals surface area contributed by atoms with Crippen LogP contribution in [0.2, 0.25) is 0 Å². The van der Waals surface area contributed by atoms with Crippen LogP contribution in [0.4, 0.5) is 11.4 Å². The number of para-hydroxylation sites is 1. The number of hydrogen-bond acceptors (Lipinski definition) is 5. The largest absolute Gasteiger partial charge is 0.465 e. The molecule has 5 heteroatoms. The van der Waals surface area contributed by atoms with Crippen LogP contribution in [0, 0.1) is 0 Å². The van der Waals surface area contributed by atoms with Gasteiger partial charge in [0.15, 0.2) is 0 Å². The van der Waals surface area contributed by atoms with Gasteiger partial charge in [0, 0.05) is 13.1 Å². The van der Waals surface area contributed by atoms with E-state index >= 15 is 0 Å². The van der Waals surface area contributed by atoms with Crippen molar-refractivity contribution in [1.82, 2.24) is 4.90 Å². The molecular formula is C15H25N3O2. The number of ether oxygens (including phenoxy) is 1. The second-order valence-corrected chi connectivity index (χ2v) is 4.62. The van der Waals surface area contributed by atoms with Gasteiger partial charge in [0.1, 0.15) is 0 Å². The number of methoxy groups -OCH3 is 1. The van der Waals surface area contributed by atoms with Crippen molar-refractivity contribution in [1.29, 1.82) is 0 Å². The van der Waals surface area contributed by atoms with E-state index in [1.54, 1.807) is 18.2 Å². The molecule has 0 amide bonds. The number of benzene rings is 1. The molecule has 1 rings (SSSR count). The van der Waals surface area contributed by atoms with E-state index in [0.29, 0.717) is 16.9 Å². The van der Waals surface area contributed by atoms with E-state index in [4.69, 9.17) is 10.5 Å². The van der Waals surface area contributed by atoms with Crippen LogP contribution in [0.25, 0.3) is 0 Å². The molecule has 1 aromatic rings. The molecule has 0 radical (unpaired) electrons. The van der Waals surface area contributed by atoms with Gasteiger partial charge in [-0.25, -0.2) is 4.79 Å². The van der Waals surface area contributed by atoms with Crippen molar-refractivity contribution >= 4 is 17.3 Å². The molecule has 0 aromatic heterocycles. The van der Waals surface area contributed by atoms with Gasteiger partial charge in [-0.05, 0) is 31.6 Å². The van der Waals surface area contributed by atoms with Crippen molar-refractivity contribution in [2.45, 2.75) is 20.3 Å². The molecule has 0 unspecified atom stereocenters. The predicted octanol–water partition coefficient (Wildman–Crippen LogP) is 2.20. The molecule has 0 fully saturated rings. The highest BCUT2D eigenvalue weighted by Gasteiger charge is 2.13. The molecule has 0 atom stereocenters. The van der Waals surface area contributed by atoms with Gasteiger partial charge in [-0.15, -0.1) is 0 Å². The highest BCUT2D eigenvalue weighted by atomic mass is 16.5. The zero-order chi connectivity index (χ0) is 15.0. The van der Waals surface area contributed by atoms with Crippen LogP contribution in [0.15, 0.2) is 18.2 Å². The van der Waals surface area contributed by atoms with E-state index in [2.05, 4.69) is 24.1 Å². The number of rotatable bonds is 8. The minimum absolute atomic E-state index is 0.374. The first-order chi connectivity index (χ1) is 9.63. The lowest BCUT2D eigenvalue weighted by molar-refractivity contribution is 0.0602. The Morgan fingerprint density at radius 3 is 2.70 bits per heavy atom. The van der Waals surface area contributed by atoms with Crippen molar-refractivity contribution in [2.24, 2.45) is 0 Å². The molecule has 20 heavy (non-hydrogen) atoms. The van der Waals surface area contributed by atoms with Crippen LogP contribution in [0.5, 0.6) is 0 Å². The first-order valence-electron chi connectivity index (χ1n) is 7.07. The van der Waals surface area contributed by atoms with Crippen molar-refractivity contribution in [3.05, 3.63) is 23.8 Å². The quantitative estimate of drug-likeness (QED) is 0.564. The number of nitrogens with zero attached hydrogens (tertiary/aromatic N) is 1. The minimum Gasteiger partial charge on any atom is -0.465 e. The second-order valence-electron chi connectivity index (χ2n) is 4.62. The maximum absolute atomic E-state index is 11.7. The Labute approximate surface area is 121 Å². The molecule has 5 nitrogen and oxygen atoms in total. The lowest BCUT2D eigenvalue weighted by Gasteiger charge is -2.21. The van der Waals surface area contributed by atoms with E-state index in [0.717, 1.165) is 32.6 Å². The average molecular weight is 279 g/mol. The number of nitrogens with two attached hydrogens (primary N) is 1. The maximum Gasteiger partial charge on any atom is 0.340 e. The normalized spacial score (nSPS) is 10.6. The monoisotopic (exact) mass is 279 g/mol. The summed E-state index contributed by atoms with van der Waals surface area (Å²) in [5.41, 5.74) is 7.64. The second kappa shape index (κ2) is 8.43. The lowest BCUT2D eigenvalue weighted by Crippen LogP contribution is -2.30. The molecule has 0 saturated heterocycles. The zero-order valence-electron chi connectivity index (χ0n) is 12.6. The summed E-state index contributed by atoms with van der Waals surface area (Å²) in [6.45, 7) is 8.06. The summed E-state index contributed by atoms with van der Waals surface area (Å²) in [6, 6.07) is 5.24. The van der Waals surface area contributed by atoms with Crippen molar-refractivity contribution in [2.75, 3.05) is 44.3 Å². The topological polar surface area (TPSA) is 67.6 Å². The molecule has 0 bridgehead atoms. The molecule has 1 aromatic carbocycles. The van der Waals surface area contributed by atoms with Crippen molar-refractivity contribution in [3.63, 3.8) is 0 Å². The van der Waals surface area contributed by atoms with Crippen LogP contribution in [0.3, 0.4) is 0 Å². The number of anilines is 2. The van der Waals surface area contributed by atoms with E-state index in [1.807, 2.05) is 0 Å². The third kappa shape index (κ3) is 4.42. The van der Waals surface area contributed by atoms with E-state index in [-0.39, 0.29) is 5.97 Å². The molecule has 112 valence electrons. The lowest BCUT2D eigenvalue weighted by atomic mass is 10.1. The zero-order valence-corrected chi connectivity index (χ0v) is 12.6. The summed E-state index contributed by atoms with van der Waals surface area (Å²) in [5, 5.41) is 3.25. The average Bonchev–Trinajstić information content (AvgIpc) is 2.46. The number of esters is 1. The van der Waals surface area contributed by atoms with Gasteiger partial charge in [0.05, 0.1) is 24.0 Å². The van der Waals surface area contributed by atoms with Crippen LogP contribution in [-0.4, -0.2) is 44.2 Å². The molecule has 0 aliphatic heterocycles. The first kappa shape index (κ1) is 16.3. The molecule has 0 aliphatic carbocycles. The number of carbonyl (C=O) groups excluding carboxylic acids is 1.